The van der Waals surface area contributed by atoms with Crippen LogP contribution in [0.15, 0.2) is 18.2 Å². The van der Waals surface area contributed by atoms with Crippen LogP contribution in [0.25, 0.3) is 0 Å². The van der Waals surface area contributed by atoms with E-state index in [4.69, 9.17) is 11.6 Å². The highest BCUT2D eigenvalue weighted by Crippen LogP contribution is 2.12. The minimum atomic E-state index is -0.0117. The van der Waals surface area contributed by atoms with Gasteiger partial charge in [-0.25, -0.2) is 0 Å². The van der Waals surface area contributed by atoms with Gasteiger partial charge in [0.25, 0.3) is 0 Å². The number of carbonyl (C=O) groups is 1. The number of aryl methyl sites for hydroxylation is 2. The third-order valence-electron chi connectivity index (χ3n) is 2.79. The molecule has 0 N–H and O–H groups in total. The molecule has 0 aliphatic carbocycles. The standard InChI is InChI=1S/C13H18ClNO/c1-4-15(13(16)8-14)9-12-6-5-10(2)11(3)7-12/h5-7H,4,8-9H2,1-3H3. The lowest BCUT2D eigenvalue weighted by Gasteiger charge is -2.20. The van der Waals surface area contributed by atoms with Crippen LogP contribution in [0.1, 0.15) is 23.6 Å². The molecular formula is C13H18ClNO. The van der Waals surface area contributed by atoms with E-state index in [1.807, 2.05) is 6.92 Å². The van der Waals surface area contributed by atoms with Crippen LogP contribution < -0.4 is 0 Å². The second kappa shape index (κ2) is 5.90. The highest BCUT2D eigenvalue weighted by Gasteiger charge is 2.10. The molecule has 0 aliphatic rings. The quantitative estimate of drug-likeness (QED) is 0.740. The van der Waals surface area contributed by atoms with Crippen molar-refractivity contribution in [3.05, 3.63) is 34.9 Å². The minimum absolute atomic E-state index is 0.0117. The van der Waals surface area contributed by atoms with Crippen molar-refractivity contribution in [3.63, 3.8) is 0 Å². The number of nitrogens with zero attached hydrogens (tertiary/aromatic N) is 1. The number of hydrogen-bond donors (Lipinski definition) is 0. The number of benzene rings is 1. The zero-order chi connectivity index (χ0) is 12.1. The Morgan fingerprint density at radius 2 is 2.00 bits per heavy atom. The van der Waals surface area contributed by atoms with Gasteiger partial charge < -0.3 is 4.90 Å². The van der Waals surface area contributed by atoms with E-state index in [0.717, 1.165) is 5.56 Å². The van der Waals surface area contributed by atoms with E-state index in [1.165, 1.54) is 11.1 Å². The molecule has 16 heavy (non-hydrogen) atoms. The Morgan fingerprint density at radius 1 is 1.31 bits per heavy atom. The molecule has 0 unspecified atom stereocenters. The number of carbonyl (C=O) groups excluding carboxylic acids is 1. The van der Waals surface area contributed by atoms with Gasteiger partial charge in [0.15, 0.2) is 0 Å². The fourth-order valence-corrected chi connectivity index (χ4v) is 1.75. The van der Waals surface area contributed by atoms with Gasteiger partial charge in [-0.05, 0) is 37.5 Å². The molecule has 0 fully saturated rings. The number of alkyl halides is 1. The molecule has 0 atom stereocenters. The predicted octanol–water partition coefficient (Wildman–Crippen LogP) is 2.89. The summed E-state index contributed by atoms with van der Waals surface area (Å²) in [7, 11) is 0. The van der Waals surface area contributed by atoms with Gasteiger partial charge in [0, 0.05) is 13.1 Å². The maximum atomic E-state index is 11.5. The van der Waals surface area contributed by atoms with Crippen LogP contribution in [0, 0.1) is 13.8 Å². The Bertz CT molecular complexity index is 376. The number of hydrogen-bond acceptors (Lipinski definition) is 1. The molecule has 1 amide bonds. The zero-order valence-corrected chi connectivity index (χ0v) is 10.8. The molecule has 88 valence electrons. The van der Waals surface area contributed by atoms with Gasteiger partial charge in [-0.3, -0.25) is 4.79 Å². The summed E-state index contributed by atoms with van der Waals surface area (Å²) in [6, 6.07) is 6.27. The highest BCUT2D eigenvalue weighted by molar-refractivity contribution is 6.27. The maximum Gasteiger partial charge on any atom is 0.237 e. The highest BCUT2D eigenvalue weighted by atomic mass is 35.5. The molecule has 3 heteroatoms. The first kappa shape index (κ1) is 13.0. The van der Waals surface area contributed by atoms with E-state index in [9.17, 15) is 4.79 Å². The van der Waals surface area contributed by atoms with Crippen LogP contribution >= 0.6 is 11.6 Å². The summed E-state index contributed by atoms with van der Waals surface area (Å²) in [4.78, 5) is 13.3. The van der Waals surface area contributed by atoms with Gasteiger partial charge >= 0.3 is 0 Å². The first-order valence-electron chi connectivity index (χ1n) is 5.48. The average Bonchev–Trinajstić information content (AvgIpc) is 2.29. The van der Waals surface area contributed by atoms with Crippen LogP contribution in [0.2, 0.25) is 0 Å². The molecule has 0 radical (unpaired) electrons. The molecule has 0 saturated heterocycles. The predicted molar refractivity (Wildman–Crippen MR) is 67.7 cm³/mol. The number of rotatable bonds is 4. The van der Waals surface area contributed by atoms with Crippen LogP contribution in [0.5, 0.6) is 0 Å². The van der Waals surface area contributed by atoms with Gasteiger partial charge in [-0.15, -0.1) is 11.6 Å². The molecule has 0 bridgehead atoms. The van der Waals surface area contributed by atoms with E-state index in [-0.39, 0.29) is 11.8 Å². The monoisotopic (exact) mass is 239 g/mol. The molecule has 2 nitrogen and oxygen atoms in total. The van der Waals surface area contributed by atoms with E-state index >= 15 is 0 Å². The summed E-state index contributed by atoms with van der Waals surface area (Å²) in [5, 5.41) is 0. The molecule has 0 heterocycles. The summed E-state index contributed by atoms with van der Waals surface area (Å²) >= 11 is 5.56. The van der Waals surface area contributed by atoms with Crippen molar-refractivity contribution < 1.29 is 4.79 Å². The molecule has 0 saturated carbocycles. The Labute approximate surface area is 102 Å². The first-order chi connectivity index (χ1) is 7.58. The lowest BCUT2D eigenvalue weighted by atomic mass is 10.1. The minimum Gasteiger partial charge on any atom is -0.338 e. The third-order valence-corrected chi connectivity index (χ3v) is 3.02. The Kier molecular flexibility index (Phi) is 4.81. The fourth-order valence-electron chi connectivity index (χ4n) is 1.58. The van der Waals surface area contributed by atoms with E-state index in [1.54, 1.807) is 4.90 Å². The van der Waals surface area contributed by atoms with E-state index < -0.39 is 0 Å². The summed E-state index contributed by atoms with van der Waals surface area (Å²) in [6.45, 7) is 7.46. The number of halogens is 1. The van der Waals surface area contributed by atoms with Gasteiger partial charge in [-0.2, -0.15) is 0 Å². The molecule has 1 rings (SSSR count). The van der Waals surface area contributed by atoms with Crippen LogP contribution in [-0.4, -0.2) is 23.2 Å². The molecule has 0 aliphatic heterocycles. The SMILES string of the molecule is CCN(Cc1ccc(C)c(C)c1)C(=O)CCl. The van der Waals surface area contributed by atoms with Crippen molar-refractivity contribution in [2.24, 2.45) is 0 Å². The van der Waals surface area contributed by atoms with Crippen molar-refractivity contribution in [1.82, 2.24) is 4.90 Å². The van der Waals surface area contributed by atoms with Crippen molar-refractivity contribution in [3.8, 4) is 0 Å². The van der Waals surface area contributed by atoms with Gasteiger partial charge in [0.05, 0.1) is 0 Å². The van der Waals surface area contributed by atoms with Gasteiger partial charge in [0.2, 0.25) is 5.91 Å². The average molecular weight is 240 g/mol. The smallest absolute Gasteiger partial charge is 0.237 e. The summed E-state index contributed by atoms with van der Waals surface area (Å²) in [5.74, 6) is 0.0426. The van der Waals surface area contributed by atoms with Crippen LogP contribution in [-0.2, 0) is 11.3 Å². The summed E-state index contributed by atoms with van der Waals surface area (Å²) < 4.78 is 0. The normalized spacial score (nSPS) is 10.2. The van der Waals surface area contributed by atoms with Gasteiger partial charge in [0.1, 0.15) is 5.88 Å². The van der Waals surface area contributed by atoms with Crippen molar-refractivity contribution in [2.45, 2.75) is 27.3 Å². The van der Waals surface area contributed by atoms with Crippen molar-refractivity contribution in [1.29, 1.82) is 0 Å². The second-order valence-electron chi connectivity index (χ2n) is 3.96. The summed E-state index contributed by atoms with van der Waals surface area (Å²) in [6.07, 6.45) is 0. The fraction of sp³-hybridized carbons (Fsp3) is 0.462. The second-order valence-corrected chi connectivity index (χ2v) is 4.23. The topological polar surface area (TPSA) is 20.3 Å². The molecule has 1 aromatic rings. The van der Waals surface area contributed by atoms with Crippen LogP contribution in [0.4, 0.5) is 0 Å². The number of amides is 1. The van der Waals surface area contributed by atoms with E-state index in [0.29, 0.717) is 13.1 Å². The maximum absolute atomic E-state index is 11.5. The molecule has 0 aromatic heterocycles. The lowest BCUT2D eigenvalue weighted by Crippen LogP contribution is -2.31. The van der Waals surface area contributed by atoms with Crippen molar-refractivity contribution in [2.75, 3.05) is 12.4 Å². The first-order valence-corrected chi connectivity index (χ1v) is 6.01. The largest absolute Gasteiger partial charge is 0.338 e. The zero-order valence-electron chi connectivity index (χ0n) is 10.1. The molecule has 1 aromatic carbocycles. The van der Waals surface area contributed by atoms with Crippen molar-refractivity contribution >= 4 is 17.5 Å². The Hall–Kier alpha value is -1.02. The van der Waals surface area contributed by atoms with Gasteiger partial charge in [-0.1, -0.05) is 18.2 Å². The third kappa shape index (κ3) is 3.24. The molecular weight excluding hydrogens is 222 g/mol. The Balaban J connectivity index is 2.78. The summed E-state index contributed by atoms with van der Waals surface area (Å²) in [5.41, 5.74) is 3.69. The van der Waals surface area contributed by atoms with Crippen LogP contribution in [0.3, 0.4) is 0 Å². The molecule has 0 spiro atoms. The van der Waals surface area contributed by atoms with E-state index in [2.05, 4.69) is 32.0 Å². The lowest BCUT2D eigenvalue weighted by molar-refractivity contribution is -0.128. The Morgan fingerprint density at radius 3 is 2.50 bits per heavy atom.